The Hall–Kier alpha value is -3.09. The number of tetrazole rings is 1. The number of rotatable bonds is 5. The average Bonchev–Trinajstić information content (AvgIpc) is 3.10. The first-order valence-corrected chi connectivity index (χ1v) is 7.89. The third kappa shape index (κ3) is 3.88. The number of halogens is 1. The summed E-state index contributed by atoms with van der Waals surface area (Å²) in [5.41, 5.74) is 1.70. The Morgan fingerprint density at radius 1 is 1.16 bits per heavy atom. The van der Waals surface area contributed by atoms with Gasteiger partial charge in [0, 0.05) is 12.6 Å². The molecular formula is C18H18FN5O. The van der Waals surface area contributed by atoms with Gasteiger partial charge in [-0.1, -0.05) is 42.5 Å². The Morgan fingerprint density at radius 2 is 1.84 bits per heavy atom. The molecule has 3 rings (SSSR count). The van der Waals surface area contributed by atoms with Crippen molar-refractivity contribution in [3.05, 3.63) is 66.0 Å². The van der Waals surface area contributed by atoms with Gasteiger partial charge in [0.2, 0.25) is 11.7 Å². The fraction of sp³-hybridized carbons (Fsp3) is 0.222. The van der Waals surface area contributed by atoms with E-state index in [4.69, 9.17) is 0 Å². The second-order valence-corrected chi connectivity index (χ2v) is 5.74. The Labute approximate surface area is 144 Å². The summed E-state index contributed by atoms with van der Waals surface area (Å²) in [5, 5.41) is 12.2. The van der Waals surface area contributed by atoms with Crippen LogP contribution in [0.5, 0.6) is 0 Å². The van der Waals surface area contributed by atoms with Crippen molar-refractivity contribution < 1.29 is 9.18 Å². The largest absolute Gasteiger partial charge is 0.337 e. The van der Waals surface area contributed by atoms with Gasteiger partial charge in [-0.3, -0.25) is 4.79 Å². The number of hydrogen-bond donors (Lipinski definition) is 0. The maximum absolute atomic E-state index is 13.0. The number of amides is 1. The second kappa shape index (κ2) is 7.21. The minimum absolute atomic E-state index is 0.0120. The molecule has 6 nitrogen and oxygen atoms in total. The molecule has 0 fully saturated rings. The second-order valence-electron chi connectivity index (χ2n) is 5.74. The quantitative estimate of drug-likeness (QED) is 0.717. The molecule has 25 heavy (non-hydrogen) atoms. The van der Waals surface area contributed by atoms with E-state index in [-0.39, 0.29) is 24.3 Å². The zero-order valence-electron chi connectivity index (χ0n) is 14.0. The first-order chi connectivity index (χ1) is 12.0. The molecule has 2 aromatic carbocycles. The molecule has 0 aliphatic carbocycles. The Balaban J connectivity index is 1.67. The maximum atomic E-state index is 13.0. The van der Waals surface area contributed by atoms with Gasteiger partial charge in [0.1, 0.15) is 12.4 Å². The van der Waals surface area contributed by atoms with Crippen molar-refractivity contribution in [3.63, 3.8) is 0 Å². The highest BCUT2D eigenvalue weighted by atomic mass is 19.1. The van der Waals surface area contributed by atoms with E-state index in [1.807, 2.05) is 37.3 Å². The normalized spacial score (nSPS) is 12.0. The highest BCUT2D eigenvalue weighted by molar-refractivity contribution is 5.76. The molecule has 7 heteroatoms. The predicted molar refractivity (Wildman–Crippen MR) is 90.8 cm³/mol. The minimum Gasteiger partial charge on any atom is -0.337 e. The van der Waals surface area contributed by atoms with Crippen LogP contribution in [0.25, 0.3) is 11.4 Å². The summed E-state index contributed by atoms with van der Waals surface area (Å²) in [6, 6.07) is 15.4. The zero-order chi connectivity index (χ0) is 17.8. The number of carbonyl (C=O) groups is 1. The molecule has 1 heterocycles. The lowest BCUT2D eigenvalue weighted by Gasteiger charge is -2.25. The van der Waals surface area contributed by atoms with E-state index >= 15 is 0 Å². The fourth-order valence-corrected chi connectivity index (χ4v) is 2.43. The fourth-order valence-electron chi connectivity index (χ4n) is 2.43. The van der Waals surface area contributed by atoms with E-state index in [2.05, 4.69) is 15.4 Å². The topological polar surface area (TPSA) is 63.9 Å². The highest BCUT2D eigenvalue weighted by Crippen LogP contribution is 2.19. The minimum atomic E-state index is -0.301. The van der Waals surface area contributed by atoms with Crippen LogP contribution in [-0.2, 0) is 11.3 Å². The van der Waals surface area contributed by atoms with E-state index in [1.54, 1.807) is 24.1 Å². The first kappa shape index (κ1) is 16.8. The summed E-state index contributed by atoms with van der Waals surface area (Å²) >= 11 is 0. The molecule has 0 bridgehead atoms. The lowest BCUT2D eigenvalue weighted by Crippen LogP contribution is -2.33. The summed E-state index contributed by atoms with van der Waals surface area (Å²) < 4.78 is 13.0. The zero-order valence-corrected chi connectivity index (χ0v) is 14.0. The van der Waals surface area contributed by atoms with Crippen LogP contribution in [0.1, 0.15) is 18.5 Å². The third-order valence-electron chi connectivity index (χ3n) is 4.09. The smallest absolute Gasteiger partial charge is 0.246 e. The van der Waals surface area contributed by atoms with E-state index in [0.717, 1.165) is 11.1 Å². The monoisotopic (exact) mass is 339 g/mol. The molecule has 128 valence electrons. The van der Waals surface area contributed by atoms with E-state index in [9.17, 15) is 9.18 Å². The van der Waals surface area contributed by atoms with Gasteiger partial charge in [0.15, 0.2) is 0 Å². The van der Waals surface area contributed by atoms with Crippen molar-refractivity contribution in [3.8, 4) is 11.4 Å². The highest BCUT2D eigenvalue weighted by Gasteiger charge is 2.19. The van der Waals surface area contributed by atoms with Gasteiger partial charge < -0.3 is 4.90 Å². The summed E-state index contributed by atoms with van der Waals surface area (Å²) in [6.45, 7) is 1.87. The van der Waals surface area contributed by atoms with Gasteiger partial charge >= 0.3 is 0 Å². The van der Waals surface area contributed by atoms with E-state index in [0.29, 0.717) is 5.82 Å². The molecule has 0 aliphatic heterocycles. The van der Waals surface area contributed by atoms with Crippen molar-refractivity contribution in [1.29, 1.82) is 0 Å². The van der Waals surface area contributed by atoms with Crippen LogP contribution in [0.15, 0.2) is 54.6 Å². The van der Waals surface area contributed by atoms with Crippen molar-refractivity contribution >= 4 is 5.91 Å². The van der Waals surface area contributed by atoms with Crippen molar-refractivity contribution in [2.24, 2.45) is 0 Å². The van der Waals surface area contributed by atoms with Gasteiger partial charge in [0.25, 0.3) is 0 Å². The van der Waals surface area contributed by atoms with Crippen molar-refractivity contribution in [2.75, 3.05) is 7.05 Å². The molecule has 1 aromatic heterocycles. The van der Waals surface area contributed by atoms with E-state index in [1.165, 1.54) is 16.9 Å². The van der Waals surface area contributed by atoms with Crippen LogP contribution in [0.3, 0.4) is 0 Å². The Kier molecular flexibility index (Phi) is 4.83. The number of likely N-dealkylation sites (N-methyl/N-ethyl adjacent to an activating group) is 1. The molecule has 1 amide bonds. The van der Waals surface area contributed by atoms with Crippen LogP contribution in [0.2, 0.25) is 0 Å². The molecule has 0 spiro atoms. The molecule has 3 aromatic rings. The summed E-state index contributed by atoms with van der Waals surface area (Å²) in [4.78, 5) is 15.3. The van der Waals surface area contributed by atoms with Crippen LogP contribution in [0.4, 0.5) is 4.39 Å². The van der Waals surface area contributed by atoms with Gasteiger partial charge in [0.05, 0.1) is 6.04 Å². The molecule has 1 unspecified atom stereocenters. The first-order valence-electron chi connectivity index (χ1n) is 7.89. The molecular weight excluding hydrogens is 321 g/mol. The third-order valence-corrected chi connectivity index (χ3v) is 4.09. The average molecular weight is 339 g/mol. The van der Waals surface area contributed by atoms with Gasteiger partial charge in [-0.05, 0) is 29.8 Å². The molecule has 0 N–H and O–H groups in total. The predicted octanol–water partition coefficient (Wildman–Crippen LogP) is 2.70. The van der Waals surface area contributed by atoms with Gasteiger partial charge in [-0.15, -0.1) is 10.2 Å². The molecule has 0 aliphatic rings. The van der Waals surface area contributed by atoms with Crippen LogP contribution in [-0.4, -0.2) is 38.1 Å². The van der Waals surface area contributed by atoms with E-state index < -0.39 is 0 Å². The number of benzene rings is 2. The summed E-state index contributed by atoms with van der Waals surface area (Å²) in [7, 11) is 1.70. The number of nitrogens with zero attached hydrogens (tertiary/aromatic N) is 5. The van der Waals surface area contributed by atoms with Crippen LogP contribution in [0, 0.1) is 5.82 Å². The molecule has 1 atom stereocenters. The maximum Gasteiger partial charge on any atom is 0.246 e. The standard InChI is InChI=1S/C18H18FN5O/c1-13(14-8-10-16(19)11-9-14)23(2)17(25)12-24-21-18(20-22-24)15-6-4-3-5-7-15/h3-11,13H,12H2,1-2H3. The van der Waals surface area contributed by atoms with Gasteiger partial charge in [-0.2, -0.15) is 4.80 Å². The lowest BCUT2D eigenvalue weighted by atomic mass is 10.1. The molecule has 0 radical (unpaired) electrons. The lowest BCUT2D eigenvalue weighted by molar-refractivity contribution is -0.132. The SMILES string of the molecule is CC(c1ccc(F)cc1)N(C)C(=O)Cn1nnc(-c2ccccc2)n1. The van der Waals surface area contributed by atoms with Crippen LogP contribution < -0.4 is 0 Å². The summed E-state index contributed by atoms with van der Waals surface area (Å²) in [5.74, 6) is 0.0154. The Morgan fingerprint density at radius 3 is 2.52 bits per heavy atom. The summed E-state index contributed by atoms with van der Waals surface area (Å²) in [6.07, 6.45) is 0. The Bertz CT molecular complexity index is 847. The van der Waals surface area contributed by atoms with Crippen LogP contribution >= 0.6 is 0 Å². The van der Waals surface area contributed by atoms with Crippen molar-refractivity contribution in [1.82, 2.24) is 25.1 Å². The molecule has 0 saturated carbocycles. The number of carbonyl (C=O) groups excluding carboxylic acids is 1. The van der Waals surface area contributed by atoms with Crippen molar-refractivity contribution in [2.45, 2.75) is 19.5 Å². The molecule has 0 saturated heterocycles. The number of aromatic nitrogens is 4. The number of hydrogen-bond acceptors (Lipinski definition) is 4. The van der Waals surface area contributed by atoms with Gasteiger partial charge in [-0.25, -0.2) is 4.39 Å².